The molecular weight excluding hydrogens is 334 g/mol. The van der Waals surface area contributed by atoms with Crippen molar-refractivity contribution in [3.63, 3.8) is 0 Å². The maximum absolute atomic E-state index is 6.19. The fraction of sp³-hybridized carbons (Fsp3) is 0.727. The van der Waals surface area contributed by atoms with Gasteiger partial charge in [0.2, 0.25) is 0 Å². The fourth-order valence-electron chi connectivity index (χ4n) is 4.23. The molecule has 1 aliphatic heterocycles. The Bertz CT molecular complexity index is 715. The van der Waals surface area contributed by atoms with Crippen molar-refractivity contribution in [2.24, 2.45) is 0 Å². The van der Waals surface area contributed by atoms with Gasteiger partial charge in [-0.05, 0) is 70.6 Å². The molecule has 1 aliphatic rings. The first-order valence-corrected chi connectivity index (χ1v) is 11.0. The van der Waals surface area contributed by atoms with Gasteiger partial charge in [-0.25, -0.2) is 9.97 Å². The van der Waals surface area contributed by atoms with E-state index in [1.54, 1.807) is 0 Å². The van der Waals surface area contributed by atoms with Crippen LogP contribution < -0.4 is 5.73 Å². The quantitative estimate of drug-likeness (QED) is 0.590. The van der Waals surface area contributed by atoms with Gasteiger partial charge in [0.25, 0.3) is 0 Å². The Balaban J connectivity index is 1.51. The summed E-state index contributed by atoms with van der Waals surface area (Å²) in [6.07, 6.45) is 13.7. The molecule has 3 rings (SSSR count). The Morgan fingerprint density at radius 3 is 2.52 bits per heavy atom. The summed E-state index contributed by atoms with van der Waals surface area (Å²) in [4.78, 5) is 15.4. The molecule has 0 aliphatic carbocycles. The molecule has 1 fully saturated rings. The van der Waals surface area contributed by atoms with Gasteiger partial charge in [-0.3, -0.25) is 0 Å². The molecule has 150 valence electrons. The van der Waals surface area contributed by atoms with Gasteiger partial charge in [-0.15, -0.1) is 0 Å². The highest BCUT2D eigenvalue weighted by molar-refractivity contribution is 5.88. The number of nitrogens with one attached hydrogen (secondary N) is 1. The number of anilines is 1. The third-order valence-electron chi connectivity index (χ3n) is 5.89. The average Bonchev–Trinajstić information content (AvgIpc) is 3.00. The van der Waals surface area contributed by atoms with Crippen LogP contribution in [-0.4, -0.2) is 39.5 Å². The zero-order valence-electron chi connectivity index (χ0n) is 17.3. The van der Waals surface area contributed by atoms with Gasteiger partial charge in [0, 0.05) is 12.1 Å². The molecule has 0 unspecified atom stereocenters. The van der Waals surface area contributed by atoms with Crippen molar-refractivity contribution in [2.45, 2.75) is 84.5 Å². The number of fused-ring (bicyclic) bond motifs is 1. The second-order valence-electron chi connectivity index (χ2n) is 8.15. The van der Waals surface area contributed by atoms with Crippen LogP contribution in [0.3, 0.4) is 0 Å². The highest BCUT2D eigenvalue weighted by atomic mass is 15.1. The molecule has 0 aromatic carbocycles. The van der Waals surface area contributed by atoms with Crippen LogP contribution in [0.2, 0.25) is 0 Å². The third-order valence-corrected chi connectivity index (χ3v) is 5.89. The lowest BCUT2D eigenvalue weighted by molar-refractivity contribution is 0.224. The highest BCUT2D eigenvalue weighted by Crippen LogP contribution is 2.26. The zero-order valence-corrected chi connectivity index (χ0v) is 17.3. The van der Waals surface area contributed by atoms with E-state index in [9.17, 15) is 0 Å². The summed E-state index contributed by atoms with van der Waals surface area (Å²) in [5.74, 6) is 1.49. The van der Waals surface area contributed by atoms with Crippen molar-refractivity contribution < 1.29 is 0 Å². The molecule has 0 atom stereocenters. The lowest BCUT2D eigenvalue weighted by Gasteiger charge is -2.26. The fourth-order valence-corrected chi connectivity index (χ4v) is 4.23. The number of hydrogen-bond acceptors (Lipinski definition) is 4. The Kier molecular flexibility index (Phi) is 7.50. The molecule has 3 N–H and O–H groups in total. The van der Waals surface area contributed by atoms with E-state index in [0.717, 1.165) is 42.5 Å². The van der Waals surface area contributed by atoms with Crippen LogP contribution in [0.1, 0.15) is 81.8 Å². The number of piperidine rings is 1. The van der Waals surface area contributed by atoms with E-state index in [2.05, 4.69) is 28.7 Å². The molecule has 27 heavy (non-hydrogen) atoms. The lowest BCUT2D eigenvalue weighted by atomic mass is 10.0. The first-order chi connectivity index (χ1) is 13.2. The van der Waals surface area contributed by atoms with Crippen molar-refractivity contribution in [2.75, 3.05) is 25.4 Å². The molecule has 0 radical (unpaired) electrons. The SMILES string of the molecule is CCCCc1nc(N)c2[nH]c(C)c(CCCCCCN3CCCCC3)c2n1. The summed E-state index contributed by atoms with van der Waals surface area (Å²) in [5, 5.41) is 0. The van der Waals surface area contributed by atoms with Gasteiger partial charge < -0.3 is 15.6 Å². The molecule has 2 aromatic rings. The van der Waals surface area contributed by atoms with Gasteiger partial charge in [-0.1, -0.05) is 32.6 Å². The van der Waals surface area contributed by atoms with E-state index in [1.807, 2.05) is 0 Å². The Morgan fingerprint density at radius 1 is 0.963 bits per heavy atom. The summed E-state index contributed by atoms with van der Waals surface area (Å²) in [7, 11) is 0. The maximum Gasteiger partial charge on any atom is 0.151 e. The molecule has 1 saturated heterocycles. The van der Waals surface area contributed by atoms with Crippen LogP contribution in [0.4, 0.5) is 5.82 Å². The Labute approximate surface area is 164 Å². The molecule has 0 saturated carbocycles. The molecule has 5 nitrogen and oxygen atoms in total. The number of hydrogen-bond donors (Lipinski definition) is 2. The first-order valence-electron chi connectivity index (χ1n) is 11.0. The van der Waals surface area contributed by atoms with E-state index in [0.29, 0.717) is 5.82 Å². The first kappa shape index (κ1) is 20.1. The van der Waals surface area contributed by atoms with Crippen molar-refractivity contribution in [1.82, 2.24) is 19.9 Å². The van der Waals surface area contributed by atoms with E-state index in [4.69, 9.17) is 10.7 Å². The van der Waals surface area contributed by atoms with Crippen LogP contribution in [0, 0.1) is 6.92 Å². The van der Waals surface area contributed by atoms with Gasteiger partial charge in [0.1, 0.15) is 11.3 Å². The number of aromatic amines is 1. The molecule has 5 heteroatoms. The minimum atomic E-state index is 0.599. The van der Waals surface area contributed by atoms with Crippen LogP contribution in [0.5, 0.6) is 0 Å². The number of aryl methyl sites for hydroxylation is 3. The Morgan fingerprint density at radius 2 is 1.74 bits per heavy atom. The summed E-state index contributed by atoms with van der Waals surface area (Å²) in [6, 6.07) is 0. The average molecular weight is 372 g/mol. The Hall–Kier alpha value is -1.62. The van der Waals surface area contributed by atoms with Crippen molar-refractivity contribution in [1.29, 1.82) is 0 Å². The van der Waals surface area contributed by atoms with Crippen molar-refractivity contribution in [3.8, 4) is 0 Å². The van der Waals surface area contributed by atoms with E-state index in [1.165, 1.54) is 75.8 Å². The summed E-state index contributed by atoms with van der Waals surface area (Å²) in [5.41, 5.74) is 10.7. The zero-order chi connectivity index (χ0) is 19.1. The number of nitrogens with two attached hydrogens (primary N) is 1. The molecule has 2 aromatic heterocycles. The molecule has 0 amide bonds. The minimum Gasteiger partial charge on any atom is -0.382 e. The summed E-state index contributed by atoms with van der Waals surface area (Å²) >= 11 is 0. The number of unbranched alkanes of at least 4 members (excludes halogenated alkanes) is 4. The van der Waals surface area contributed by atoms with Crippen LogP contribution in [-0.2, 0) is 12.8 Å². The lowest BCUT2D eigenvalue weighted by Crippen LogP contribution is -2.30. The number of nitrogen functional groups attached to an aromatic ring is 1. The number of nitrogens with zero attached hydrogens (tertiary/aromatic N) is 3. The summed E-state index contributed by atoms with van der Waals surface area (Å²) < 4.78 is 0. The van der Waals surface area contributed by atoms with Crippen molar-refractivity contribution in [3.05, 3.63) is 17.1 Å². The normalized spacial score (nSPS) is 15.6. The van der Waals surface area contributed by atoms with Crippen molar-refractivity contribution >= 4 is 16.9 Å². The molecule has 0 bridgehead atoms. The van der Waals surface area contributed by atoms with E-state index >= 15 is 0 Å². The number of likely N-dealkylation sites (tertiary alicyclic amines) is 1. The predicted octanol–water partition coefficient (Wildman–Crippen LogP) is 4.78. The smallest absolute Gasteiger partial charge is 0.151 e. The highest BCUT2D eigenvalue weighted by Gasteiger charge is 2.14. The number of aromatic nitrogens is 3. The maximum atomic E-state index is 6.19. The van der Waals surface area contributed by atoms with Gasteiger partial charge in [-0.2, -0.15) is 0 Å². The van der Waals surface area contributed by atoms with Gasteiger partial charge >= 0.3 is 0 Å². The van der Waals surface area contributed by atoms with E-state index < -0.39 is 0 Å². The van der Waals surface area contributed by atoms with Crippen LogP contribution in [0.25, 0.3) is 11.0 Å². The second kappa shape index (κ2) is 10.1. The standard InChI is InChI=1S/C22H37N5/c1-3-4-13-19-25-20-18(17(2)24-21(20)22(23)26-19)12-8-5-6-9-14-27-15-10-7-11-16-27/h24H,3-16H2,1-2H3,(H2,23,25,26). The van der Waals surface area contributed by atoms with Crippen LogP contribution in [0.15, 0.2) is 0 Å². The van der Waals surface area contributed by atoms with Gasteiger partial charge in [0.05, 0.1) is 5.52 Å². The predicted molar refractivity (Wildman–Crippen MR) is 114 cm³/mol. The van der Waals surface area contributed by atoms with Crippen LogP contribution >= 0.6 is 0 Å². The third kappa shape index (κ3) is 5.44. The molecule has 0 spiro atoms. The second-order valence-corrected chi connectivity index (χ2v) is 8.15. The molecular formula is C22H37N5. The molecule has 3 heterocycles. The number of H-pyrrole nitrogens is 1. The van der Waals surface area contributed by atoms with Gasteiger partial charge in [0.15, 0.2) is 5.82 Å². The summed E-state index contributed by atoms with van der Waals surface area (Å²) in [6.45, 7) is 8.25. The topological polar surface area (TPSA) is 70.8 Å². The minimum absolute atomic E-state index is 0.599. The number of rotatable bonds is 10. The largest absolute Gasteiger partial charge is 0.382 e. The van der Waals surface area contributed by atoms with E-state index in [-0.39, 0.29) is 0 Å². The monoisotopic (exact) mass is 371 g/mol.